The number of amides is 4. The lowest BCUT2D eigenvalue weighted by Crippen LogP contribution is -2.45. The van der Waals surface area contributed by atoms with E-state index in [2.05, 4.69) is 31.1 Å². The van der Waals surface area contributed by atoms with Gasteiger partial charge >= 0.3 is 0 Å². The number of hydrogen-bond donors (Lipinski definition) is 2. The summed E-state index contributed by atoms with van der Waals surface area (Å²) in [5.74, 6) is -2.17. The van der Waals surface area contributed by atoms with Crippen LogP contribution < -0.4 is 10.6 Å². The maximum Gasteiger partial charge on any atom is 0.257 e. The van der Waals surface area contributed by atoms with E-state index in [1.54, 1.807) is 13.8 Å². The number of azo groups is 2. The molecule has 4 amide bonds. The van der Waals surface area contributed by atoms with Crippen LogP contribution in [-0.2, 0) is 19.2 Å². The predicted molar refractivity (Wildman–Crippen MR) is 149 cm³/mol. The summed E-state index contributed by atoms with van der Waals surface area (Å²) in [4.78, 5) is 50.6. The topological polar surface area (TPSA) is 142 Å². The summed E-state index contributed by atoms with van der Waals surface area (Å²) in [6.07, 6.45) is 0.325. The van der Waals surface area contributed by atoms with E-state index >= 15 is 0 Å². The number of aryl methyl sites for hydroxylation is 4. The summed E-state index contributed by atoms with van der Waals surface area (Å²) in [7, 11) is 0. The molecule has 0 radical (unpaired) electrons. The molecule has 10 nitrogen and oxygen atoms in total. The number of carbonyl (C=O) groups excluding carboxylic acids is 4. The average molecular weight is 541 g/mol. The molecule has 2 aliphatic heterocycles. The zero-order chi connectivity index (χ0) is 29.1. The molecule has 0 aromatic heterocycles. The summed E-state index contributed by atoms with van der Waals surface area (Å²) in [6, 6.07) is 9.47. The highest BCUT2D eigenvalue weighted by molar-refractivity contribution is 6.12. The third kappa shape index (κ3) is 6.01. The standard InChI is InChI=1S/C30H32N6O4/c1-15-7-11-23(17(3)13-15)33-35-25-19(5)21(27(37)31-29(25)39)9-10-22-20(6)26(30(40)32-28(22)38)36-34-24-12-8-16(2)14-18(24)4/h7-8,11-14,25-26H,9-10H2,1-6H3,(H,31,37,39)(H,32,38,40). The largest absolute Gasteiger partial charge is 0.290 e. The van der Waals surface area contributed by atoms with Crippen molar-refractivity contribution in [1.29, 1.82) is 0 Å². The van der Waals surface area contributed by atoms with Gasteiger partial charge in [-0.3, -0.25) is 29.8 Å². The smallest absolute Gasteiger partial charge is 0.257 e. The van der Waals surface area contributed by atoms with Gasteiger partial charge in [-0.15, -0.1) is 0 Å². The minimum absolute atomic E-state index is 0.162. The van der Waals surface area contributed by atoms with Crippen LogP contribution in [-0.4, -0.2) is 35.7 Å². The van der Waals surface area contributed by atoms with E-state index in [-0.39, 0.29) is 12.8 Å². The molecule has 0 spiro atoms. The number of carbonyl (C=O) groups is 4. The van der Waals surface area contributed by atoms with Crippen molar-refractivity contribution in [2.45, 2.75) is 66.5 Å². The quantitative estimate of drug-likeness (QED) is 0.365. The minimum Gasteiger partial charge on any atom is -0.290 e. The Kier molecular flexibility index (Phi) is 8.27. The Balaban J connectivity index is 1.57. The molecular weight excluding hydrogens is 508 g/mol. The lowest BCUT2D eigenvalue weighted by molar-refractivity contribution is -0.131. The number of nitrogens with zero attached hydrogens (tertiary/aromatic N) is 4. The van der Waals surface area contributed by atoms with Gasteiger partial charge in [0.15, 0.2) is 12.1 Å². The molecule has 0 saturated carbocycles. The summed E-state index contributed by atoms with van der Waals surface area (Å²) in [5, 5.41) is 21.7. The second-order valence-electron chi connectivity index (χ2n) is 10.3. The van der Waals surface area contributed by atoms with E-state index < -0.39 is 35.7 Å². The van der Waals surface area contributed by atoms with E-state index in [4.69, 9.17) is 0 Å². The second kappa shape index (κ2) is 11.6. The second-order valence-corrected chi connectivity index (χ2v) is 10.3. The number of rotatable bonds is 7. The van der Waals surface area contributed by atoms with Gasteiger partial charge in [0.2, 0.25) is 0 Å². The first kappa shape index (κ1) is 28.4. The van der Waals surface area contributed by atoms with E-state index in [0.717, 1.165) is 22.3 Å². The third-order valence-electron chi connectivity index (χ3n) is 7.18. The van der Waals surface area contributed by atoms with Crippen molar-refractivity contribution in [3.63, 3.8) is 0 Å². The fraction of sp³-hybridized carbons (Fsp3) is 0.333. The molecule has 0 aliphatic carbocycles. The maximum atomic E-state index is 12.7. The van der Waals surface area contributed by atoms with Gasteiger partial charge in [0.25, 0.3) is 23.6 Å². The van der Waals surface area contributed by atoms with Gasteiger partial charge in [0.05, 0.1) is 11.4 Å². The highest BCUT2D eigenvalue weighted by atomic mass is 16.2. The van der Waals surface area contributed by atoms with Crippen LogP contribution in [0, 0.1) is 27.7 Å². The van der Waals surface area contributed by atoms with Gasteiger partial charge < -0.3 is 0 Å². The van der Waals surface area contributed by atoms with E-state index in [1.807, 2.05) is 64.1 Å². The highest BCUT2D eigenvalue weighted by Gasteiger charge is 2.35. The SMILES string of the molecule is CC1=C(CCC2=C(C)C(N=Nc3ccc(C)cc3C)C(=O)NC2=O)C(=O)NC(=O)C1N=Nc1ccc(C)cc1C. The fourth-order valence-electron chi connectivity index (χ4n) is 4.82. The molecule has 2 N–H and O–H groups in total. The number of imide groups is 2. The van der Waals surface area contributed by atoms with Crippen LogP contribution in [0.2, 0.25) is 0 Å². The molecule has 4 rings (SSSR count). The Morgan fingerprint density at radius 1 is 0.600 bits per heavy atom. The third-order valence-corrected chi connectivity index (χ3v) is 7.18. The first-order valence-corrected chi connectivity index (χ1v) is 13.0. The predicted octanol–water partition coefficient (Wildman–Crippen LogP) is 5.25. The molecule has 2 aromatic carbocycles. The van der Waals surface area contributed by atoms with E-state index in [0.29, 0.717) is 33.7 Å². The number of hydrogen-bond acceptors (Lipinski definition) is 8. The molecule has 2 aliphatic rings. The lowest BCUT2D eigenvalue weighted by atomic mass is 9.89. The Morgan fingerprint density at radius 3 is 1.32 bits per heavy atom. The van der Waals surface area contributed by atoms with Gasteiger partial charge in [-0.25, -0.2) is 0 Å². The van der Waals surface area contributed by atoms with Crippen molar-refractivity contribution in [3.8, 4) is 0 Å². The van der Waals surface area contributed by atoms with E-state index in [1.165, 1.54) is 0 Å². The molecule has 0 bridgehead atoms. The van der Waals surface area contributed by atoms with Crippen molar-refractivity contribution in [2.24, 2.45) is 20.5 Å². The van der Waals surface area contributed by atoms with Crippen LogP contribution in [0.1, 0.15) is 48.9 Å². The van der Waals surface area contributed by atoms with Crippen molar-refractivity contribution in [3.05, 3.63) is 80.9 Å². The Hall–Kier alpha value is -4.60. The van der Waals surface area contributed by atoms with Crippen molar-refractivity contribution in [1.82, 2.24) is 10.6 Å². The van der Waals surface area contributed by atoms with Crippen LogP contribution in [0.5, 0.6) is 0 Å². The molecule has 10 heteroatoms. The molecule has 40 heavy (non-hydrogen) atoms. The number of nitrogens with one attached hydrogen (secondary N) is 2. The Morgan fingerprint density at radius 2 is 0.975 bits per heavy atom. The van der Waals surface area contributed by atoms with Crippen LogP contribution in [0.15, 0.2) is 79.1 Å². The van der Waals surface area contributed by atoms with Crippen molar-refractivity contribution < 1.29 is 19.2 Å². The zero-order valence-corrected chi connectivity index (χ0v) is 23.5. The zero-order valence-electron chi connectivity index (χ0n) is 23.5. The molecule has 2 aromatic rings. The normalized spacial score (nSPS) is 20.1. The van der Waals surface area contributed by atoms with Crippen molar-refractivity contribution >= 4 is 35.0 Å². The summed E-state index contributed by atoms with van der Waals surface area (Å²) < 4.78 is 0. The first-order chi connectivity index (χ1) is 19.0. The monoisotopic (exact) mass is 540 g/mol. The molecule has 206 valence electrons. The van der Waals surface area contributed by atoms with Crippen LogP contribution >= 0.6 is 0 Å². The number of benzene rings is 2. The van der Waals surface area contributed by atoms with Crippen LogP contribution in [0.4, 0.5) is 11.4 Å². The highest BCUT2D eigenvalue weighted by Crippen LogP contribution is 2.29. The minimum atomic E-state index is -0.968. The summed E-state index contributed by atoms with van der Waals surface area (Å²) >= 11 is 0. The molecule has 2 atom stereocenters. The fourth-order valence-corrected chi connectivity index (χ4v) is 4.82. The lowest BCUT2D eigenvalue weighted by Gasteiger charge is -2.24. The summed E-state index contributed by atoms with van der Waals surface area (Å²) in [6.45, 7) is 11.1. The molecule has 0 saturated heterocycles. The summed E-state index contributed by atoms with van der Waals surface area (Å²) in [5.41, 5.74) is 6.92. The van der Waals surface area contributed by atoms with Gasteiger partial charge in [0, 0.05) is 11.1 Å². The van der Waals surface area contributed by atoms with Gasteiger partial charge in [-0.1, -0.05) is 35.4 Å². The molecular formula is C30H32N6O4. The first-order valence-electron chi connectivity index (χ1n) is 13.0. The van der Waals surface area contributed by atoms with Crippen LogP contribution in [0.25, 0.3) is 0 Å². The molecule has 0 fully saturated rings. The Labute approximate surface area is 232 Å². The van der Waals surface area contributed by atoms with Gasteiger partial charge in [-0.05, 0) is 88.8 Å². The van der Waals surface area contributed by atoms with Crippen LogP contribution in [0.3, 0.4) is 0 Å². The maximum absolute atomic E-state index is 12.7. The van der Waals surface area contributed by atoms with Gasteiger partial charge in [0.1, 0.15) is 0 Å². The molecule has 2 heterocycles. The van der Waals surface area contributed by atoms with Gasteiger partial charge in [-0.2, -0.15) is 20.5 Å². The Bertz CT molecular complexity index is 1430. The molecule has 2 unspecified atom stereocenters. The average Bonchev–Trinajstić information content (AvgIpc) is 2.87. The van der Waals surface area contributed by atoms with E-state index in [9.17, 15) is 19.2 Å². The van der Waals surface area contributed by atoms with Crippen molar-refractivity contribution in [2.75, 3.05) is 0 Å².